The normalized spacial score (nSPS) is 12.5. The highest BCUT2D eigenvalue weighted by molar-refractivity contribution is 5.84. The Kier molecular flexibility index (Phi) is 4.91. The first-order valence-corrected chi connectivity index (χ1v) is 8.06. The van der Waals surface area contributed by atoms with Crippen molar-refractivity contribution in [3.63, 3.8) is 0 Å². The second-order valence-corrected chi connectivity index (χ2v) is 6.05. The molecule has 0 saturated carbocycles. The van der Waals surface area contributed by atoms with Gasteiger partial charge in [-0.25, -0.2) is 0 Å². The second-order valence-electron chi connectivity index (χ2n) is 6.05. The molecular formula is C19H22N4O. The molecule has 0 saturated heterocycles. The largest absolute Gasteiger partial charge is 0.361 e. The standard InChI is InChI=1S/C19H22N4O/c1-23(2)18(15-6-5-10-20-12-15)19(24)21-11-9-14-13-22-17-8-4-3-7-16(14)17/h3-8,10,12-13,18,22H,9,11H2,1-2H3,(H,21,24). The number of hydrogen-bond donors (Lipinski definition) is 2. The Labute approximate surface area is 141 Å². The van der Waals surface area contributed by atoms with Gasteiger partial charge in [-0.05, 0) is 43.8 Å². The fourth-order valence-electron chi connectivity index (χ4n) is 2.98. The Morgan fingerprint density at radius 2 is 2.08 bits per heavy atom. The third-order valence-corrected chi connectivity index (χ3v) is 4.13. The number of nitrogens with zero attached hydrogens (tertiary/aromatic N) is 2. The van der Waals surface area contributed by atoms with E-state index in [2.05, 4.69) is 27.4 Å². The van der Waals surface area contributed by atoms with Gasteiger partial charge in [0.25, 0.3) is 0 Å². The van der Waals surface area contributed by atoms with Crippen LogP contribution in [0, 0.1) is 0 Å². The Balaban J connectivity index is 1.64. The molecule has 0 spiro atoms. The zero-order chi connectivity index (χ0) is 16.9. The van der Waals surface area contributed by atoms with Crippen molar-refractivity contribution in [2.24, 2.45) is 0 Å². The number of carbonyl (C=O) groups is 1. The number of amides is 1. The fraction of sp³-hybridized carbons (Fsp3) is 0.263. The lowest BCUT2D eigenvalue weighted by Crippen LogP contribution is -2.38. The van der Waals surface area contributed by atoms with Gasteiger partial charge in [-0.1, -0.05) is 24.3 Å². The average Bonchev–Trinajstić information content (AvgIpc) is 2.99. The van der Waals surface area contributed by atoms with Crippen LogP contribution in [0.2, 0.25) is 0 Å². The topological polar surface area (TPSA) is 61.0 Å². The smallest absolute Gasteiger partial charge is 0.242 e. The summed E-state index contributed by atoms with van der Waals surface area (Å²) in [5.74, 6) is -0.00663. The molecule has 1 amide bonds. The van der Waals surface area contributed by atoms with Crippen molar-refractivity contribution in [2.45, 2.75) is 12.5 Å². The molecule has 0 fully saturated rings. The van der Waals surface area contributed by atoms with Crippen LogP contribution >= 0.6 is 0 Å². The molecule has 0 aliphatic rings. The van der Waals surface area contributed by atoms with E-state index in [4.69, 9.17) is 0 Å². The van der Waals surface area contributed by atoms with Crippen LogP contribution < -0.4 is 5.32 Å². The molecule has 3 rings (SSSR count). The lowest BCUT2D eigenvalue weighted by molar-refractivity contribution is -0.125. The maximum absolute atomic E-state index is 12.6. The third kappa shape index (κ3) is 3.46. The van der Waals surface area contributed by atoms with E-state index in [0.717, 1.165) is 17.5 Å². The van der Waals surface area contributed by atoms with Crippen LogP contribution in [0.4, 0.5) is 0 Å². The quantitative estimate of drug-likeness (QED) is 0.733. The summed E-state index contributed by atoms with van der Waals surface area (Å²) in [5, 5.41) is 4.25. The summed E-state index contributed by atoms with van der Waals surface area (Å²) in [5.41, 5.74) is 3.24. The number of aromatic amines is 1. The molecule has 1 unspecified atom stereocenters. The van der Waals surface area contributed by atoms with E-state index in [0.29, 0.717) is 6.54 Å². The summed E-state index contributed by atoms with van der Waals surface area (Å²) in [6.45, 7) is 0.602. The van der Waals surface area contributed by atoms with Gasteiger partial charge in [0.15, 0.2) is 0 Å². The van der Waals surface area contributed by atoms with E-state index in [1.807, 2.05) is 49.5 Å². The van der Waals surface area contributed by atoms with Crippen molar-refractivity contribution in [1.29, 1.82) is 0 Å². The summed E-state index contributed by atoms with van der Waals surface area (Å²) in [6, 6.07) is 11.6. The SMILES string of the molecule is CN(C)C(C(=O)NCCc1c[nH]c2ccccc12)c1cccnc1. The number of para-hydroxylation sites is 1. The molecule has 24 heavy (non-hydrogen) atoms. The number of hydrogen-bond acceptors (Lipinski definition) is 3. The van der Waals surface area contributed by atoms with Crippen molar-refractivity contribution < 1.29 is 4.79 Å². The minimum absolute atomic E-state index is 0.00663. The second kappa shape index (κ2) is 7.27. The molecule has 2 aromatic heterocycles. The molecule has 1 aromatic carbocycles. The number of nitrogens with one attached hydrogen (secondary N) is 2. The summed E-state index contributed by atoms with van der Waals surface area (Å²) < 4.78 is 0. The molecule has 1 atom stereocenters. The Bertz CT molecular complexity index is 810. The van der Waals surface area contributed by atoms with Crippen molar-refractivity contribution in [2.75, 3.05) is 20.6 Å². The van der Waals surface area contributed by atoms with Crippen LogP contribution in [-0.4, -0.2) is 41.4 Å². The van der Waals surface area contributed by atoms with Crippen LogP contribution in [0.15, 0.2) is 55.0 Å². The van der Waals surface area contributed by atoms with Crippen LogP contribution in [0.3, 0.4) is 0 Å². The molecule has 5 heteroatoms. The molecule has 0 aliphatic heterocycles. The van der Waals surface area contributed by atoms with Gasteiger partial charge in [-0.2, -0.15) is 0 Å². The number of pyridine rings is 1. The molecular weight excluding hydrogens is 300 g/mol. The maximum atomic E-state index is 12.6. The lowest BCUT2D eigenvalue weighted by Gasteiger charge is -2.23. The predicted molar refractivity (Wildman–Crippen MR) is 95.7 cm³/mol. The zero-order valence-corrected chi connectivity index (χ0v) is 14.0. The van der Waals surface area contributed by atoms with Gasteiger partial charge in [0.1, 0.15) is 6.04 Å². The summed E-state index contributed by atoms with van der Waals surface area (Å²) in [7, 11) is 3.80. The van der Waals surface area contributed by atoms with Gasteiger partial charge in [0, 0.05) is 36.0 Å². The van der Waals surface area contributed by atoms with Crippen molar-refractivity contribution >= 4 is 16.8 Å². The first-order valence-electron chi connectivity index (χ1n) is 8.06. The van der Waals surface area contributed by atoms with Crippen molar-refractivity contribution in [3.05, 3.63) is 66.1 Å². The first kappa shape index (κ1) is 16.2. The lowest BCUT2D eigenvalue weighted by atomic mass is 10.1. The molecule has 0 aliphatic carbocycles. The Morgan fingerprint density at radius 3 is 2.83 bits per heavy atom. The van der Waals surface area contributed by atoms with E-state index < -0.39 is 0 Å². The number of aromatic nitrogens is 2. The van der Waals surface area contributed by atoms with Gasteiger partial charge in [0.05, 0.1) is 0 Å². The Hall–Kier alpha value is -2.66. The number of likely N-dealkylation sites (N-methyl/N-ethyl adjacent to an activating group) is 1. The highest BCUT2D eigenvalue weighted by atomic mass is 16.2. The number of benzene rings is 1. The summed E-state index contributed by atoms with van der Waals surface area (Å²) >= 11 is 0. The monoisotopic (exact) mass is 322 g/mol. The maximum Gasteiger partial charge on any atom is 0.242 e. The van der Waals surface area contributed by atoms with Gasteiger partial charge in [-0.3, -0.25) is 14.7 Å². The van der Waals surface area contributed by atoms with Crippen LogP contribution in [0.25, 0.3) is 10.9 Å². The highest BCUT2D eigenvalue weighted by Gasteiger charge is 2.22. The van der Waals surface area contributed by atoms with E-state index in [1.165, 1.54) is 10.9 Å². The molecule has 2 heterocycles. The summed E-state index contributed by atoms with van der Waals surface area (Å²) in [6.07, 6.45) is 6.26. The van der Waals surface area contributed by atoms with Crippen LogP contribution in [-0.2, 0) is 11.2 Å². The number of H-pyrrole nitrogens is 1. The minimum atomic E-state index is -0.332. The van der Waals surface area contributed by atoms with Gasteiger partial charge in [-0.15, -0.1) is 0 Å². The predicted octanol–water partition coefficient (Wildman–Crippen LogP) is 2.52. The Morgan fingerprint density at radius 1 is 1.25 bits per heavy atom. The molecule has 3 aromatic rings. The van der Waals surface area contributed by atoms with Gasteiger partial charge in [0.2, 0.25) is 5.91 Å². The van der Waals surface area contributed by atoms with Crippen molar-refractivity contribution in [1.82, 2.24) is 20.2 Å². The number of rotatable bonds is 6. The van der Waals surface area contributed by atoms with E-state index >= 15 is 0 Å². The molecule has 5 nitrogen and oxygen atoms in total. The fourth-order valence-corrected chi connectivity index (χ4v) is 2.98. The minimum Gasteiger partial charge on any atom is -0.361 e. The molecule has 0 bridgehead atoms. The molecule has 0 radical (unpaired) electrons. The number of fused-ring (bicyclic) bond motifs is 1. The van der Waals surface area contributed by atoms with E-state index in [1.54, 1.807) is 12.4 Å². The number of carbonyl (C=O) groups excluding carboxylic acids is 1. The molecule has 124 valence electrons. The van der Waals surface area contributed by atoms with E-state index in [-0.39, 0.29) is 11.9 Å². The highest BCUT2D eigenvalue weighted by Crippen LogP contribution is 2.19. The first-order chi connectivity index (χ1) is 11.7. The van der Waals surface area contributed by atoms with Gasteiger partial charge < -0.3 is 10.3 Å². The van der Waals surface area contributed by atoms with Crippen LogP contribution in [0.5, 0.6) is 0 Å². The van der Waals surface area contributed by atoms with Gasteiger partial charge >= 0.3 is 0 Å². The van der Waals surface area contributed by atoms with E-state index in [9.17, 15) is 4.79 Å². The third-order valence-electron chi connectivity index (χ3n) is 4.13. The summed E-state index contributed by atoms with van der Waals surface area (Å²) in [4.78, 5) is 21.9. The average molecular weight is 322 g/mol. The zero-order valence-electron chi connectivity index (χ0n) is 14.0. The molecule has 2 N–H and O–H groups in total. The van der Waals surface area contributed by atoms with Crippen LogP contribution in [0.1, 0.15) is 17.2 Å². The van der Waals surface area contributed by atoms with Crippen molar-refractivity contribution in [3.8, 4) is 0 Å².